The van der Waals surface area contributed by atoms with E-state index in [9.17, 15) is 0 Å². The van der Waals surface area contributed by atoms with Crippen LogP contribution in [-0.4, -0.2) is 26.2 Å². The average Bonchev–Trinajstić information content (AvgIpc) is 2.28. The van der Waals surface area contributed by atoms with Crippen molar-refractivity contribution < 1.29 is 0 Å². The highest BCUT2D eigenvalue weighted by atomic mass is 35.5. The Hall–Kier alpha value is -0.730. The summed E-state index contributed by atoms with van der Waals surface area (Å²) in [6.07, 6.45) is 2.39. The van der Waals surface area contributed by atoms with Gasteiger partial charge in [-0.15, -0.1) is 0 Å². The van der Waals surface area contributed by atoms with Crippen molar-refractivity contribution in [3.05, 3.63) is 28.3 Å². The number of nitrogens with one attached hydrogen (secondary N) is 1. The van der Waals surface area contributed by atoms with E-state index in [1.807, 2.05) is 7.05 Å². The molecule has 0 unspecified atom stereocenters. The van der Waals surface area contributed by atoms with Crippen molar-refractivity contribution in [2.45, 2.75) is 32.7 Å². The Bertz CT molecular complexity index is 372. The van der Waals surface area contributed by atoms with E-state index in [1.165, 1.54) is 29.7 Å². The predicted octanol–water partition coefficient (Wildman–Crippen LogP) is 3.15. The second kappa shape index (κ2) is 5.28. The van der Waals surface area contributed by atoms with E-state index in [-0.39, 0.29) is 0 Å². The molecule has 0 aliphatic carbocycles. The van der Waals surface area contributed by atoms with Crippen LogP contribution in [0.4, 0.5) is 5.69 Å². The highest BCUT2D eigenvalue weighted by molar-refractivity contribution is 6.33. The van der Waals surface area contributed by atoms with E-state index in [0.717, 1.165) is 18.1 Å². The summed E-state index contributed by atoms with van der Waals surface area (Å²) in [6.45, 7) is 6.43. The molecule has 1 aromatic rings. The summed E-state index contributed by atoms with van der Waals surface area (Å²) in [6, 6.07) is 4.94. The van der Waals surface area contributed by atoms with Gasteiger partial charge in [0.1, 0.15) is 0 Å². The van der Waals surface area contributed by atoms with E-state index < -0.39 is 0 Å². The Labute approximate surface area is 109 Å². The van der Waals surface area contributed by atoms with Gasteiger partial charge >= 0.3 is 0 Å². The van der Waals surface area contributed by atoms with Crippen LogP contribution < -0.4 is 10.2 Å². The second-order valence-electron chi connectivity index (χ2n) is 4.96. The highest BCUT2D eigenvalue weighted by Crippen LogP contribution is 2.32. The normalized spacial score (nSPS) is 17.5. The Kier molecular flexibility index (Phi) is 3.95. The van der Waals surface area contributed by atoms with Crippen LogP contribution in [0, 0.1) is 13.8 Å². The quantitative estimate of drug-likeness (QED) is 0.870. The summed E-state index contributed by atoms with van der Waals surface area (Å²) in [7, 11) is 2.05. The summed E-state index contributed by atoms with van der Waals surface area (Å²) in [4.78, 5) is 2.42. The molecule has 1 aromatic carbocycles. The minimum atomic E-state index is 0.663. The fraction of sp³-hybridized carbons (Fsp3) is 0.571. The Morgan fingerprint density at radius 1 is 1.24 bits per heavy atom. The van der Waals surface area contributed by atoms with Crippen molar-refractivity contribution in [1.29, 1.82) is 0 Å². The van der Waals surface area contributed by atoms with Gasteiger partial charge in [0, 0.05) is 19.1 Å². The number of benzene rings is 1. The third-order valence-electron chi connectivity index (χ3n) is 3.62. The highest BCUT2D eigenvalue weighted by Gasteiger charge is 2.20. The van der Waals surface area contributed by atoms with Crippen LogP contribution >= 0.6 is 11.6 Å². The molecule has 0 spiro atoms. The van der Waals surface area contributed by atoms with E-state index in [4.69, 9.17) is 11.6 Å². The van der Waals surface area contributed by atoms with Crippen molar-refractivity contribution in [3.63, 3.8) is 0 Å². The number of rotatable bonds is 2. The molecule has 0 radical (unpaired) electrons. The molecule has 0 amide bonds. The number of nitrogens with zero attached hydrogens (tertiary/aromatic N) is 1. The van der Waals surface area contributed by atoms with Gasteiger partial charge in [0.25, 0.3) is 0 Å². The van der Waals surface area contributed by atoms with Gasteiger partial charge in [-0.1, -0.05) is 17.7 Å². The molecule has 1 heterocycles. The SMILES string of the molecule is CNC1CCN(c2c(C)cc(C)cc2Cl)CC1. The zero-order chi connectivity index (χ0) is 12.4. The number of piperidine rings is 1. The van der Waals surface area contributed by atoms with E-state index in [0.29, 0.717) is 6.04 Å². The molecule has 2 nitrogen and oxygen atoms in total. The molecule has 1 fully saturated rings. The second-order valence-corrected chi connectivity index (χ2v) is 5.37. The summed E-state index contributed by atoms with van der Waals surface area (Å²) >= 11 is 6.38. The first kappa shape index (κ1) is 12.7. The third-order valence-corrected chi connectivity index (χ3v) is 3.91. The minimum Gasteiger partial charge on any atom is -0.370 e. The molecule has 1 aliphatic heterocycles. The van der Waals surface area contributed by atoms with E-state index >= 15 is 0 Å². The molecule has 0 bridgehead atoms. The molecule has 2 rings (SSSR count). The summed E-state index contributed by atoms with van der Waals surface area (Å²) in [5.41, 5.74) is 3.76. The van der Waals surface area contributed by atoms with E-state index in [1.54, 1.807) is 0 Å². The fourth-order valence-electron chi connectivity index (χ4n) is 2.70. The molecule has 0 atom stereocenters. The lowest BCUT2D eigenvalue weighted by Crippen LogP contribution is -2.41. The molecule has 1 aliphatic rings. The monoisotopic (exact) mass is 252 g/mol. The lowest BCUT2D eigenvalue weighted by atomic mass is 10.0. The van der Waals surface area contributed by atoms with E-state index in [2.05, 4.69) is 36.2 Å². The maximum atomic E-state index is 6.38. The Morgan fingerprint density at radius 2 is 1.88 bits per heavy atom. The zero-order valence-electron chi connectivity index (χ0n) is 10.9. The van der Waals surface area contributed by atoms with Gasteiger partial charge in [0.05, 0.1) is 10.7 Å². The molecule has 1 saturated heterocycles. The zero-order valence-corrected chi connectivity index (χ0v) is 11.6. The summed E-state index contributed by atoms with van der Waals surface area (Å²) in [5, 5.41) is 4.25. The lowest BCUT2D eigenvalue weighted by molar-refractivity contribution is 0.442. The molecule has 3 heteroatoms. The third kappa shape index (κ3) is 2.75. The van der Waals surface area contributed by atoms with Gasteiger partial charge in [-0.2, -0.15) is 0 Å². The van der Waals surface area contributed by atoms with Crippen LogP contribution in [0.3, 0.4) is 0 Å². The summed E-state index contributed by atoms with van der Waals surface area (Å²) < 4.78 is 0. The molecule has 0 saturated carbocycles. The van der Waals surface area contributed by atoms with Crippen LogP contribution in [0.5, 0.6) is 0 Å². The van der Waals surface area contributed by atoms with Crippen LogP contribution in [0.25, 0.3) is 0 Å². The molecule has 17 heavy (non-hydrogen) atoms. The number of aryl methyl sites for hydroxylation is 2. The maximum absolute atomic E-state index is 6.38. The van der Waals surface area contributed by atoms with Crippen molar-refractivity contribution in [1.82, 2.24) is 5.32 Å². The van der Waals surface area contributed by atoms with Crippen LogP contribution in [0.1, 0.15) is 24.0 Å². The van der Waals surface area contributed by atoms with Crippen molar-refractivity contribution >= 4 is 17.3 Å². The smallest absolute Gasteiger partial charge is 0.0644 e. The molecule has 1 N–H and O–H groups in total. The fourth-order valence-corrected chi connectivity index (χ4v) is 3.14. The first-order valence-corrected chi connectivity index (χ1v) is 6.68. The first-order chi connectivity index (χ1) is 8.11. The van der Waals surface area contributed by atoms with Gasteiger partial charge in [-0.05, 0) is 50.9 Å². The van der Waals surface area contributed by atoms with Crippen LogP contribution in [0.2, 0.25) is 5.02 Å². The Balaban J connectivity index is 2.18. The van der Waals surface area contributed by atoms with Crippen molar-refractivity contribution in [2.24, 2.45) is 0 Å². The van der Waals surface area contributed by atoms with Crippen molar-refractivity contribution in [3.8, 4) is 0 Å². The van der Waals surface area contributed by atoms with Gasteiger partial charge in [-0.25, -0.2) is 0 Å². The van der Waals surface area contributed by atoms with Crippen LogP contribution in [-0.2, 0) is 0 Å². The molecule has 0 aromatic heterocycles. The Morgan fingerprint density at radius 3 is 2.41 bits per heavy atom. The molecule has 94 valence electrons. The first-order valence-electron chi connectivity index (χ1n) is 6.30. The predicted molar refractivity (Wildman–Crippen MR) is 75.2 cm³/mol. The standard InChI is InChI=1S/C14H21ClN2/c1-10-8-11(2)14(13(15)9-10)17-6-4-12(16-3)5-7-17/h8-9,12,16H,4-7H2,1-3H3. The van der Waals surface area contributed by atoms with Gasteiger partial charge < -0.3 is 10.2 Å². The minimum absolute atomic E-state index is 0.663. The number of hydrogen-bond donors (Lipinski definition) is 1. The maximum Gasteiger partial charge on any atom is 0.0644 e. The topological polar surface area (TPSA) is 15.3 Å². The van der Waals surface area contributed by atoms with Crippen LogP contribution in [0.15, 0.2) is 12.1 Å². The summed E-state index contributed by atoms with van der Waals surface area (Å²) in [5.74, 6) is 0. The number of hydrogen-bond acceptors (Lipinski definition) is 2. The average molecular weight is 253 g/mol. The van der Waals surface area contributed by atoms with Crippen molar-refractivity contribution in [2.75, 3.05) is 25.0 Å². The van der Waals surface area contributed by atoms with Gasteiger partial charge in [0.15, 0.2) is 0 Å². The molecular weight excluding hydrogens is 232 g/mol. The van der Waals surface area contributed by atoms with Gasteiger partial charge in [0.2, 0.25) is 0 Å². The largest absolute Gasteiger partial charge is 0.370 e. The number of halogens is 1. The molecular formula is C14H21ClN2. The lowest BCUT2D eigenvalue weighted by Gasteiger charge is -2.35. The number of anilines is 1. The van der Waals surface area contributed by atoms with Gasteiger partial charge in [-0.3, -0.25) is 0 Å².